The SMILES string of the molecule is CCC(NCCc1nccs1)C1CCOC1. The molecule has 0 amide bonds. The van der Waals surface area contributed by atoms with Crippen molar-refractivity contribution in [3.8, 4) is 0 Å². The van der Waals surface area contributed by atoms with Gasteiger partial charge >= 0.3 is 0 Å². The number of nitrogens with zero attached hydrogens (tertiary/aromatic N) is 1. The van der Waals surface area contributed by atoms with Crippen LogP contribution < -0.4 is 5.32 Å². The molecule has 2 rings (SSSR count). The van der Waals surface area contributed by atoms with Crippen LogP contribution in [0.15, 0.2) is 11.6 Å². The van der Waals surface area contributed by atoms with E-state index >= 15 is 0 Å². The molecule has 1 aliphatic rings. The van der Waals surface area contributed by atoms with E-state index in [-0.39, 0.29) is 0 Å². The molecule has 1 aliphatic heterocycles. The van der Waals surface area contributed by atoms with E-state index in [1.54, 1.807) is 11.3 Å². The Balaban J connectivity index is 1.70. The summed E-state index contributed by atoms with van der Waals surface area (Å²) in [4.78, 5) is 4.29. The van der Waals surface area contributed by atoms with Crippen LogP contribution in [-0.2, 0) is 11.2 Å². The zero-order chi connectivity index (χ0) is 11.2. The minimum Gasteiger partial charge on any atom is -0.381 e. The second-order valence-electron chi connectivity index (χ2n) is 4.27. The molecule has 1 saturated heterocycles. The lowest BCUT2D eigenvalue weighted by atomic mass is 9.97. The van der Waals surface area contributed by atoms with Crippen molar-refractivity contribution in [3.63, 3.8) is 0 Å². The number of ether oxygens (including phenoxy) is 1. The molecule has 0 spiro atoms. The first-order valence-electron chi connectivity index (χ1n) is 6.09. The molecule has 1 fully saturated rings. The fraction of sp³-hybridized carbons (Fsp3) is 0.750. The van der Waals surface area contributed by atoms with Crippen LogP contribution in [0.4, 0.5) is 0 Å². The average Bonchev–Trinajstić information content (AvgIpc) is 2.96. The normalized spacial score (nSPS) is 22.4. The monoisotopic (exact) mass is 240 g/mol. The first-order valence-corrected chi connectivity index (χ1v) is 6.97. The lowest BCUT2D eigenvalue weighted by Crippen LogP contribution is -2.37. The number of rotatable bonds is 6. The summed E-state index contributed by atoms with van der Waals surface area (Å²) < 4.78 is 5.44. The van der Waals surface area contributed by atoms with E-state index in [2.05, 4.69) is 17.2 Å². The number of nitrogens with one attached hydrogen (secondary N) is 1. The highest BCUT2D eigenvalue weighted by molar-refractivity contribution is 7.09. The fourth-order valence-electron chi connectivity index (χ4n) is 2.26. The van der Waals surface area contributed by atoms with Gasteiger partial charge in [-0.3, -0.25) is 0 Å². The van der Waals surface area contributed by atoms with Gasteiger partial charge in [0.05, 0.1) is 11.6 Å². The third-order valence-corrected chi connectivity index (χ3v) is 4.04. The lowest BCUT2D eigenvalue weighted by Gasteiger charge is -2.22. The van der Waals surface area contributed by atoms with Crippen LogP contribution >= 0.6 is 11.3 Å². The highest BCUT2D eigenvalue weighted by Gasteiger charge is 2.23. The number of aromatic nitrogens is 1. The van der Waals surface area contributed by atoms with E-state index < -0.39 is 0 Å². The Morgan fingerprint density at radius 1 is 1.69 bits per heavy atom. The standard InChI is InChI=1S/C12H20N2OS/c1-2-11(10-4-7-15-9-10)13-5-3-12-14-6-8-16-12/h6,8,10-11,13H,2-5,7,9H2,1H3. The molecule has 2 unspecified atom stereocenters. The summed E-state index contributed by atoms with van der Waals surface area (Å²) in [7, 11) is 0. The molecule has 16 heavy (non-hydrogen) atoms. The van der Waals surface area contributed by atoms with Crippen molar-refractivity contribution >= 4 is 11.3 Å². The molecule has 0 radical (unpaired) electrons. The average molecular weight is 240 g/mol. The van der Waals surface area contributed by atoms with Crippen LogP contribution in [0.3, 0.4) is 0 Å². The van der Waals surface area contributed by atoms with Crippen LogP contribution in [0.5, 0.6) is 0 Å². The maximum Gasteiger partial charge on any atom is 0.0937 e. The maximum atomic E-state index is 5.44. The molecule has 2 atom stereocenters. The van der Waals surface area contributed by atoms with E-state index in [9.17, 15) is 0 Å². The second-order valence-corrected chi connectivity index (χ2v) is 5.25. The molecule has 0 saturated carbocycles. The van der Waals surface area contributed by atoms with Gasteiger partial charge in [-0.05, 0) is 18.8 Å². The highest BCUT2D eigenvalue weighted by atomic mass is 32.1. The quantitative estimate of drug-likeness (QED) is 0.827. The largest absolute Gasteiger partial charge is 0.381 e. The van der Waals surface area contributed by atoms with Gasteiger partial charge in [-0.1, -0.05) is 6.92 Å². The van der Waals surface area contributed by atoms with Crippen LogP contribution in [-0.4, -0.2) is 30.8 Å². The van der Waals surface area contributed by atoms with Crippen molar-refractivity contribution in [3.05, 3.63) is 16.6 Å². The number of hydrogen-bond acceptors (Lipinski definition) is 4. The van der Waals surface area contributed by atoms with Crippen molar-refractivity contribution in [2.24, 2.45) is 5.92 Å². The van der Waals surface area contributed by atoms with E-state index in [1.165, 1.54) is 17.8 Å². The topological polar surface area (TPSA) is 34.2 Å². The van der Waals surface area contributed by atoms with E-state index in [4.69, 9.17) is 4.74 Å². The van der Waals surface area contributed by atoms with Gasteiger partial charge in [0.25, 0.3) is 0 Å². The maximum absolute atomic E-state index is 5.44. The first-order chi connectivity index (χ1) is 7.90. The highest BCUT2D eigenvalue weighted by Crippen LogP contribution is 2.18. The smallest absolute Gasteiger partial charge is 0.0937 e. The predicted molar refractivity (Wildman–Crippen MR) is 66.8 cm³/mol. The van der Waals surface area contributed by atoms with Crippen molar-refractivity contribution in [2.75, 3.05) is 19.8 Å². The molecule has 0 bridgehead atoms. The Kier molecular flexibility index (Phi) is 4.75. The van der Waals surface area contributed by atoms with E-state index in [1.807, 2.05) is 11.6 Å². The fourth-order valence-corrected chi connectivity index (χ4v) is 2.88. The van der Waals surface area contributed by atoms with Crippen molar-refractivity contribution < 1.29 is 4.74 Å². The molecular formula is C12H20N2OS. The van der Waals surface area contributed by atoms with Crippen LogP contribution in [0.25, 0.3) is 0 Å². The number of hydrogen-bond donors (Lipinski definition) is 1. The molecule has 1 aromatic rings. The molecule has 1 aromatic heterocycles. The van der Waals surface area contributed by atoms with Crippen LogP contribution in [0.2, 0.25) is 0 Å². The molecule has 0 aromatic carbocycles. The Bertz CT molecular complexity index is 283. The molecular weight excluding hydrogens is 220 g/mol. The first kappa shape index (κ1) is 12.0. The minimum absolute atomic E-state index is 0.613. The number of thiazole rings is 1. The summed E-state index contributed by atoms with van der Waals surface area (Å²) in [6.45, 7) is 5.15. The van der Waals surface area contributed by atoms with Gasteiger partial charge in [0.1, 0.15) is 0 Å². The summed E-state index contributed by atoms with van der Waals surface area (Å²) >= 11 is 1.74. The zero-order valence-electron chi connectivity index (χ0n) is 9.82. The van der Waals surface area contributed by atoms with Gasteiger partial charge in [0.15, 0.2) is 0 Å². The van der Waals surface area contributed by atoms with Gasteiger partial charge in [-0.15, -0.1) is 11.3 Å². The summed E-state index contributed by atoms with van der Waals surface area (Å²) in [5.41, 5.74) is 0. The van der Waals surface area contributed by atoms with Crippen LogP contribution in [0.1, 0.15) is 24.8 Å². The Hall–Kier alpha value is -0.450. The summed E-state index contributed by atoms with van der Waals surface area (Å²) in [5, 5.41) is 6.90. The van der Waals surface area contributed by atoms with E-state index in [0.29, 0.717) is 12.0 Å². The molecule has 0 aliphatic carbocycles. The third kappa shape index (κ3) is 3.27. The van der Waals surface area contributed by atoms with Crippen molar-refractivity contribution in [1.82, 2.24) is 10.3 Å². The third-order valence-electron chi connectivity index (χ3n) is 3.20. The van der Waals surface area contributed by atoms with Gasteiger partial charge in [0.2, 0.25) is 0 Å². The Labute approximate surface area is 101 Å². The molecule has 3 nitrogen and oxygen atoms in total. The summed E-state index contributed by atoms with van der Waals surface area (Å²) in [5.74, 6) is 0.710. The molecule has 90 valence electrons. The molecule has 1 N–H and O–H groups in total. The van der Waals surface area contributed by atoms with Gasteiger partial charge in [-0.25, -0.2) is 4.98 Å². The summed E-state index contributed by atoms with van der Waals surface area (Å²) in [6.07, 6.45) is 5.32. The summed E-state index contributed by atoms with van der Waals surface area (Å²) in [6, 6.07) is 0.613. The zero-order valence-corrected chi connectivity index (χ0v) is 10.6. The van der Waals surface area contributed by atoms with Gasteiger partial charge in [-0.2, -0.15) is 0 Å². The predicted octanol–water partition coefficient (Wildman–Crippen LogP) is 2.09. The Morgan fingerprint density at radius 2 is 2.62 bits per heavy atom. The van der Waals surface area contributed by atoms with Gasteiger partial charge in [0, 0.05) is 37.2 Å². The van der Waals surface area contributed by atoms with E-state index in [0.717, 1.165) is 26.2 Å². The molecule has 4 heteroatoms. The molecule has 2 heterocycles. The Morgan fingerprint density at radius 3 is 3.25 bits per heavy atom. The second kappa shape index (κ2) is 6.33. The van der Waals surface area contributed by atoms with Crippen molar-refractivity contribution in [2.45, 2.75) is 32.2 Å². The van der Waals surface area contributed by atoms with Gasteiger partial charge < -0.3 is 10.1 Å². The lowest BCUT2D eigenvalue weighted by molar-refractivity contribution is 0.176. The van der Waals surface area contributed by atoms with Crippen LogP contribution in [0, 0.1) is 5.92 Å². The minimum atomic E-state index is 0.613. The van der Waals surface area contributed by atoms with Crippen molar-refractivity contribution in [1.29, 1.82) is 0 Å².